The third-order valence-corrected chi connectivity index (χ3v) is 3.44. The van der Waals surface area contributed by atoms with Crippen molar-refractivity contribution >= 4 is 0 Å². The van der Waals surface area contributed by atoms with Gasteiger partial charge >= 0.3 is 5.97 Å². The average molecular weight is 296 g/mol. The van der Waals surface area contributed by atoms with Gasteiger partial charge in [0.2, 0.25) is 0 Å². The minimum atomic E-state index is -1.76. The van der Waals surface area contributed by atoms with Crippen LogP contribution >= 0.6 is 0 Å². The molecule has 1 aromatic rings. The van der Waals surface area contributed by atoms with E-state index in [-0.39, 0.29) is 0 Å². The topological polar surface area (TPSA) is 47.9 Å². The molecule has 0 amide bonds. The first-order valence-corrected chi connectivity index (χ1v) is 7.75. The molecule has 1 atom stereocenters. The second-order valence-corrected chi connectivity index (χ2v) is 5.20. The monoisotopic (exact) mass is 296 g/mol. The maximum absolute atomic E-state index is 10.8. The van der Waals surface area contributed by atoms with Gasteiger partial charge in [0.1, 0.15) is 5.75 Å². The lowest BCUT2D eigenvalue weighted by molar-refractivity contribution is -0.416. The molecular formula is C17H28O4. The Morgan fingerprint density at radius 1 is 1.00 bits per heavy atom. The van der Waals surface area contributed by atoms with Crippen LogP contribution in [0.2, 0.25) is 0 Å². The molecule has 0 heterocycles. The molecule has 0 aliphatic rings. The predicted octanol–water partition coefficient (Wildman–Crippen LogP) is 3.73. The van der Waals surface area contributed by atoms with Gasteiger partial charge in [0.25, 0.3) is 0 Å². The highest BCUT2D eigenvalue weighted by Gasteiger charge is 2.51. The summed E-state index contributed by atoms with van der Waals surface area (Å²) in [6, 6.07) is 9.45. The van der Waals surface area contributed by atoms with E-state index in [1.807, 2.05) is 51.1 Å². The average Bonchev–Trinajstić information content (AvgIpc) is 2.46. The van der Waals surface area contributed by atoms with Crippen molar-refractivity contribution < 1.29 is 19.3 Å². The summed E-state index contributed by atoms with van der Waals surface area (Å²) in [6.07, 6.45) is 2.54. The van der Waals surface area contributed by atoms with Crippen LogP contribution in [0.5, 0.6) is 5.75 Å². The van der Waals surface area contributed by atoms with Gasteiger partial charge in [-0.25, -0.2) is 0 Å². The van der Waals surface area contributed by atoms with Gasteiger partial charge < -0.3 is 19.3 Å². The Balaban J connectivity index is 3.04. The van der Waals surface area contributed by atoms with Crippen LogP contribution in [0.1, 0.15) is 47.0 Å². The third kappa shape index (κ3) is 4.70. The number of para-hydroxylation sites is 1. The van der Waals surface area contributed by atoms with E-state index in [1.54, 1.807) is 0 Å². The molecule has 1 N–H and O–H groups in total. The van der Waals surface area contributed by atoms with Crippen molar-refractivity contribution in [3.63, 3.8) is 0 Å². The van der Waals surface area contributed by atoms with E-state index in [4.69, 9.17) is 14.2 Å². The smallest absolute Gasteiger partial charge is 0.322 e. The van der Waals surface area contributed by atoms with Gasteiger partial charge in [-0.15, -0.1) is 0 Å². The van der Waals surface area contributed by atoms with Crippen molar-refractivity contribution in [2.45, 2.75) is 58.5 Å². The van der Waals surface area contributed by atoms with E-state index in [0.717, 1.165) is 12.8 Å². The number of hydrogen-bond acceptors (Lipinski definition) is 4. The fourth-order valence-corrected chi connectivity index (χ4v) is 2.27. The largest absolute Gasteiger partial charge is 0.479 e. The molecule has 1 rings (SSSR count). The molecule has 0 aliphatic carbocycles. The minimum absolute atomic E-state index is 0.344. The van der Waals surface area contributed by atoms with Crippen LogP contribution in [0.4, 0.5) is 0 Å². The van der Waals surface area contributed by atoms with Gasteiger partial charge in [0.05, 0.1) is 0 Å². The van der Waals surface area contributed by atoms with E-state index >= 15 is 0 Å². The second kappa shape index (κ2) is 8.37. The molecule has 0 saturated carbocycles. The van der Waals surface area contributed by atoms with Crippen LogP contribution in [0.3, 0.4) is 0 Å². The molecule has 120 valence electrons. The summed E-state index contributed by atoms with van der Waals surface area (Å²) in [6.45, 7) is 8.27. The van der Waals surface area contributed by atoms with E-state index in [0.29, 0.717) is 25.4 Å². The summed E-state index contributed by atoms with van der Waals surface area (Å²) < 4.78 is 17.1. The Kier molecular flexibility index (Phi) is 7.15. The van der Waals surface area contributed by atoms with Crippen LogP contribution in [0.25, 0.3) is 0 Å². The maximum Gasteiger partial charge on any atom is 0.322 e. The molecule has 4 nitrogen and oxygen atoms in total. The Bertz CT molecular complexity index is 387. The van der Waals surface area contributed by atoms with E-state index in [2.05, 4.69) is 6.92 Å². The van der Waals surface area contributed by atoms with Crippen LogP contribution in [0, 0.1) is 0 Å². The molecule has 0 saturated heterocycles. The van der Waals surface area contributed by atoms with Crippen LogP contribution in [-0.2, 0) is 9.47 Å². The van der Waals surface area contributed by atoms with Crippen LogP contribution in [0.15, 0.2) is 30.3 Å². The quantitative estimate of drug-likeness (QED) is 0.668. The Hall–Kier alpha value is -1.10. The fourth-order valence-electron chi connectivity index (χ4n) is 2.27. The lowest BCUT2D eigenvalue weighted by Gasteiger charge is -2.43. The van der Waals surface area contributed by atoms with Crippen molar-refractivity contribution in [2.75, 3.05) is 13.2 Å². The predicted molar refractivity (Wildman–Crippen MR) is 83.2 cm³/mol. The number of rotatable bonds is 10. The number of aliphatic hydroxyl groups is 1. The zero-order chi connectivity index (χ0) is 15.8. The zero-order valence-corrected chi connectivity index (χ0v) is 13.6. The maximum atomic E-state index is 10.8. The third-order valence-electron chi connectivity index (χ3n) is 3.44. The van der Waals surface area contributed by atoms with Crippen molar-refractivity contribution in [3.8, 4) is 5.75 Å². The van der Waals surface area contributed by atoms with E-state index < -0.39 is 11.6 Å². The fraction of sp³-hybridized carbons (Fsp3) is 0.647. The highest BCUT2D eigenvalue weighted by atomic mass is 16.8. The van der Waals surface area contributed by atoms with Gasteiger partial charge in [0.15, 0.2) is 5.60 Å². The summed E-state index contributed by atoms with van der Waals surface area (Å²) in [7, 11) is 0. The second-order valence-electron chi connectivity index (χ2n) is 5.20. The summed E-state index contributed by atoms with van der Waals surface area (Å²) >= 11 is 0. The Morgan fingerprint density at radius 3 is 2.05 bits per heavy atom. The number of ether oxygens (including phenoxy) is 3. The summed E-state index contributed by atoms with van der Waals surface area (Å²) in [5.74, 6) is -1.07. The molecule has 1 aromatic carbocycles. The molecule has 4 heteroatoms. The van der Waals surface area contributed by atoms with Crippen LogP contribution < -0.4 is 4.74 Å². The molecular weight excluding hydrogens is 268 g/mol. The lowest BCUT2D eigenvalue weighted by atomic mass is 9.95. The molecule has 0 bridgehead atoms. The van der Waals surface area contributed by atoms with E-state index in [9.17, 15) is 5.11 Å². The van der Waals surface area contributed by atoms with Crippen molar-refractivity contribution in [1.29, 1.82) is 0 Å². The highest BCUT2D eigenvalue weighted by Crippen LogP contribution is 2.35. The van der Waals surface area contributed by atoms with Gasteiger partial charge in [-0.1, -0.05) is 31.5 Å². The number of hydrogen-bond donors (Lipinski definition) is 1. The SMILES string of the molecule is CCCCC(C)(Oc1ccccc1)C(O)(OCC)OCC. The highest BCUT2D eigenvalue weighted by molar-refractivity contribution is 5.22. The number of unbranched alkanes of at least 4 members (excludes halogenated alkanes) is 1. The molecule has 0 fully saturated rings. The number of benzene rings is 1. The molecule has 0 spiro atoms. The first kappa shape index (κ1) is 18.0. The summed E-state index contributed by atoms with van der Waals surface area (Å²) in [4.78, 5) is 0. The van der Waals surface area contributed by atoms with Crippen molar-refractivity contribution in [3.05, 3.63) is 30.3 Å². The summed E-state index contributed by atoms with van der Waals surface area (Å²) in [5.41, 5.74) is -0.976. The van der Waals surface area contributed by atoms with Crippen LogP contribution in [-0.4, -0.2) is 29.9 Å². The Morgan fingerprint density at radius 2 is 1.57 bits per heavy atom. The molecule has 0 radical (unpaired) electrons. The van der Waals surface area contributed by atoms with Gasteiger partial charge in [-0.3, -0.25) is 0 Å². The minimum Gasteiger partial charge on any atom is -0.479 e. The molecule has 1 unspecified atom stereocenters. The zero-order valence-electron chi connectivity index (χ0n) is 13.6. The first-order chi connectivity index (χ1) is 10.0. The van der Waals surface area contributed by atoms with Gasteiger partial charge in [-0.05, 0) is 45.7 Å². The Labute approximate surface area is 128 Å². The normalized spacial score (nSPS) is 14.7. The molecule has 0 aliphatic heterocycles. The summed E-state index contributed by atoms with van der Waals surface area (Å²) in [5, 5.41) is 10.8. The standard InChI is InChI=1S/C17H28O4/c1-5-8-14-16(4,17(18,19-6-2)20-7-3)21-15-12-10-9-11-13-15/h9-13,18H,5-8,14H2,1-4H3. The van der Waals surface area contributed by atoms with Gasteiger partial charge in [-0.2, -0.15) is 0 Å². The first-order valence-electron chi connectivity index (χ1n) is 7.75. The lowest BCUT2D eigenvalue weighted by Crippen LogP contribution is -2.59. The van der Waals surface area contributed by atoms with Crippen molar-refractivity contribution in [1.82, 2.24) is 0 Å². The van der Waals surface area contributed by atoms with Crippen molar-refractivity contribution in [2.24, 2.45) is 0 Å². The van der Waals surface area contributed by atoms with Gasteiger partial charge in [0, 0.05) is 13.2 Å². The van der Waals surface area contributed by atoms with E-state index in [1.165, 1.54) is 0 Å². The molecule has 0 aromatic heterocycles. The molecule has 21 heavy (non-hydrogen) atoms.